The second-order valence-electron chi connectivity index (χ2n) is 6.57. The zero-order valence-corrected chi connectivity index (χ0v) is 14.0. The number of amides is 1. The summed E-state index contributed by atoms with van der Waals surface area (Å²) < 4.78 is 19.9. The van der Waals surface area contributed by atoms with Gasteiger partial charge in [0.05, 0.1) is 24.5 Å². The Kier molecular flexibility index (Phi) is 4.87. The van der Waals surface area contributed by atoms with Crippen LogP contribution in [-0.2, 0) is 4.74 Å². The SMILES string of the molecule is CC(C)CCC1CN(c2ccc(N3C=NNCC3)c(F)c2)C(=O)O1. The number of halogens is 1. The molecule has 0 saturated carbocycles. The first kappa shape index (κ1) is 16.5. The summed E-state index contributed by atoms with van der Waals surface area (Å²) >= 11 is 0. The van der Waals surface area contributed by atoms with Crippen LogP contribution in [0.1, 0.15) is 26.7 Å². The van der Waals surface area contributed by atoms with Crippen LogP contribution in [0.5, 0.6) is 0 Å². The molecule has 2 aliphatic heterocycles. The normalized spacial score (nSPS) is 20.5. The Morgan fingerprint density at radius 1 is 1.46 bits per heavy atom. The van der Waals surface area contributed by atoms with Crippen molar-refractivity contribution in [1.29, 1.82) is 0 Å². The smallest absolute Gasteiger partial charge is 0.414 e. The lowest BCUT2D eigenvalue weighted by atomic mass is 10.1. The van der Waals surface area contributed by atoms with E-state index in [9.17, 15) is 9.18 Å². The van der Waals surface area contributed by atoms with E-state index >= 15 is 0 Å². The Morgan fingerprint density at radius 3 is 2.96 bits per heavy atom. The Bertz CT molecular complexity index is 635. The van der Waals surface area contributed by atoms with Gasteiger partial charge in [0, 0.05) is 6.54 Å². The molecule has 2 heterocycles. The molecule has 24 heavy (non-hydrogen) atoms. The molecule has 3 rings (SSSR count). The van der Waals surface area contributed by atoms with Crippen molar-refractivity contribution in [2.45, 2.75) is 32.8 Å². The second kappa shape index (κ2) is 7.07. The third kappa shape index (κ3) is 3.60. The summed E-state index contributed by atoms with van der Waals surface area (Å²) in [5, 5.41) is 3.93. The number of anilines is 2. The van der Waals surface area contributed by atoms with Gasteiger partial charge in [0.1, 0.15) is 18.3 Å². The molecule has 1 saturated heterocycles. The summed E-state index contributed by atoms with van der Waals surface area (Å²) in [5.74, 6) is 0.189. The maximum Gasteiger partial charge on any atom is 0.414 e. The molecule has 0 aromatic heterocycles. The highest BCUT2D eigenvalue weighted by Gasteiger charge is 2.32. The van der Waals surface area contributed by atoms with E-state index in [1.165, 1.54) is 11.0 Å². The van der Waals surface area contributed by atoms with Gasteiger partial charge in [-0.05, 0) is 37.0 Å². The Labute approximate surface area is 141 Å². The largest absolute Gasteiger partial charge is 0.444 e. The van der Waals surface area contributed by atoms with E-state index in [2.05, 4.69) is 24.4 Å². The van der Waals surface area contributed by atoms with Crippen LogP contribution in [-0.4, -0.2) is 38.2 Å². The quantitative estimate of drug-likeness (QED) is 0.899. The number of hydrazone groups is 1. The average Bonchev–Trinajstić information content (AvgIpc) is 2.94. The van der Waals surface area contributed by atoms with E-state index in [1.807, 2.05) is 0 Å². The third-order valence-corrected chi connectivity index (χ3v) is 4.25. The second-order valence-corrected chi connectivity index (χ2v) is 6.57. The molecule has 0 aliphatic carbocycles. The summed E-state index contributed by atoms with van der Waals surface area (Å²) in [6.07, 6.45) is 2.87. The molecule has 0 spiro atoms. The van der Waals surface area contributed by atoms with Gasteiger partial charge in [-0.2, -0.15) is 5.10 Å². The fourth-order valence-corrected chi connectivity index (χ4v) is 2.88. The van der Waals surface area contributed by atoms with Gasteiger partial charge in [-0.25, -0.2) is 9.18 Å². The fraction of sp³-hybridized carbons (Fsp3) is 0.529. The molecule has 1 atom stereocenters. The van der Waals surface area contributed by atoms with E-state index in [4.69, 9.17) is 4.74 Å². The van der Waals surface area contributed by atoms with Gasteiger partial charge in [0.25, 0.3) is 0 Å². The third-order valence-electron chi connectivity index (χ3n) is 4.25. The molecule has 1 aromatic carbocycles. The molecule has 1 aromatic rings. The number of benzene rings is 1. The van der Waals surface area contributed by atoms with Crippen molar-refractivity contribution in [1.82, 2.24) is 5.43 Å². The molecule has 7 heteroatoms. The zero-order valence-electron chi connectivity index (χ0n) is 14.0. The average molecular weight is 334 g/mol. The standard InChI is InChI=1S/C17H23FN4O2/c1-12(2)3-5-14-10-22(17(23)24-14)13-4-6-16(15(18)9-13)21-8-7-19-20-11-21/h4,6,9,11-12,14,19H,3,5,7-8,10H2,1-2H3. The van der Waals surface area contributed by atoms with E-state index < -0.39 is 6.09 Å². The van der Waals surface area contributed by atoms with Gasteiger partial charge >= 0.3 is 6.09 Å². The molecule has 0 bridgehead atoms. The van der Waals surface area contributed by atoms with Crippen LogP contribution in [0.2, 0.25) is 0 Å². The molecule has 1 fully saturated rings. The zero-order chi connectivity index (χ0) is 17.1. The highest BCUT2D eigenvalue weighted by molar-refractivity contribution is 5.90. The predicted octanol–water partition coefficient (Wildman–Crippen LogP) is 2.94. The molecule has 6 nitrogen and oxygen atoms in total. The number of hydrogen-bond acceptors (Lipinski definition) is 5. The number of nitrogens with zero attached hydrogens (tertiary/aromatic N) is 3. The van der Waals surface area contributed by atoms with Gasteiger partial charge in [-0.1, -0.05) is 13.8 Å². The lowest BCUT2D eigenvalue weighted by Crippen LogP contribution is -2.35. The summed E-state index contributed by atoms with van der Waals surface area (Å²) in [4.78, 5) is 15.3. The van der Waals surface area contributed by atoms with E-state index in [0.29, 0.717) is 36.9 Å². The Morgan fingerprint density at radius 2 is 2.29 bits per heavy atom. The number of cyclic esters (lactones) is 1. The first-order valence-electron chi connectivity index (χ1n) is 8.35. The van der Waals surface area contributed by atoms with Crippen molar-refractivity contribution < 1.29 is 13.9 Å². The molecular formula is C17H23FN4O2. The van der Waals surface area contributed by atoms with Crippen molar-refractivity contribution in [2.75, 3.05) is 29.4 Å². The van der Waals surface area contributed by atoms with Crippen molar-refractivity contribution in [3.05, 3.63) is 24.0 Å². The van der Waals surface area contributed by atoms with Gasteiger partial charge in [-0.3, -0.25) is 4.90 Å². The number of hydrogen-bond donors (Lipinski definition) is 1. The number of ether oxygens (including phenoxy) is 1. The van der Waals surface area contributed by atoms with Crippen LogP contribution in [0.4, 0.5) is 20.6 Å². The first-order valence-corrected chi connectivity index (χ1v) is 8.35. The molecule has 2 aliphatic rings. The lowest BCUT2D eigenvalue weighted by Gasteiger charge is -2.24. The molecule has 0 radical (unpaired) electrons. The number of carbonyl (C=O) groups excluding carboxylic acids is 1. The fourth-order valence-electron chi connectivity index (χ4n) is 2.88. The van der Waals surface area contributed by atoms with Crippen LogP contribution in [0, 0.1) is 11.7 Å². The minimum absolute atomic E-state index is 0.122. The monoisotopic (exact) mass is 334 g/mol. The Hall–Kier alpha value is -2.31. The maximum atomic E-state index is 14.5. The van der Waals surface area contributed by atoms with Crippen molar-refractivity contribution in [2.24, 2.45) is 11.0 Å². The Balaban J connectivity index is 1.71. The van der Waals surface area contributed by atoms with E-state index in [-0.39, 0.29) is 11.9 Å². The minimum Gasteiger partial charge on any atom is -0.444 e. The van der Waals surface area contributed by atoms with Crippen molar-refractivity contribution in [3.8, 4) is 0 Å². The van der Waals surface area contributed by atoms with Crippen molar-refractivity contribution in [3.63, 3.8) is 0 Å². The van der Waals surface area contributed by atoms with Crippen molar-refractivity contribution >= 4 is 23.8 Å². The summed E-state index contributed by atoms with van der Waals surface area (Å²) in [6, 6.07) is 4.81. The number of carbonyl (C=O) groups is 1. The summed E-state index contributed by atoms with van der Waals surface area (Å²) in [5.41, 5.74) is 3.81. The number of rotatable bonds is 5. The first-order chi connectivity index (χ1) is 11.5. The summed E-state index contributed by atoms with van der Waals surface area (Å²) in [7, 11) is 0. The summed E-state index contributed by atoms with van der Waals surface area (Å²) in [6.45, 7) is 6.06. The van der Waals surface area contributed by atoms with Gasteiger partial charge in [-0.15, -0.1) is 0 Å². The highest BCUT2D eigenvalue weighted by Crippen LogP contribution is 2.29. The van der Waals surface area contributed by atoms with Gasteiger partial charge in [0.2, 0.25) is 0 Å². The molecular weight excluding hydrogens is 311 g/mol. The van der Waals surface area contributed by atoms with Gasteiger partial charge < -0.3 is 15.1 Å². The highest BCUT2D eigenvalue weighted by atomic mass is 19.1. The lowest BCUT2D eigenvalue weighted by molar-refractivity contribution is 0.133. The predicted molar refractivity (Wildman–Crippen MR) is 91.9 cm³/mol. The van der Waals surface area contributed by atoms with E-state index in [1.54, 1.807) is 23.4 Å². The van der Waals surface area contributed by atoms with Crippen LogP contribution in [0.25, 0.3) is 0 Å². The van der Waals surface area contributed by atoms with Crippen LogP contribution in [0.15, 0.2) is 23.3 Å². The number of nitrogens with one attached hydrogen (secondary N) is 1. The molecule has 1 unspecified atom stereocenters. The van der Waals surface area contributed by atoms with Crippen LogP contribution >= 0.6 is 0 Å². The molecule has 1 N–H and O–H groups in total. The molecule has 1 amide bonds. The van der Waals surface area contributed by atoms with Crippen LogP contribution in [0.3, 0.4) is 0 Å². The topological polar surface area (TPSA) is 57.2 Å². The van der Waals surface area contributed by atoms with Gasteiger partial charge in [0.15, 0.2) is 0 Å². The van der Waals surface area contributed by atoms with Crippen LogP contribution < -0.4 is 15.2 Å². The minimum atomic E-state index is -0.403. The van der Waals surface area contributed by atoms with E-state index in [0.717, 1.165) is 12.8 Å². The maximum absolute atomic E-state index is 14.5. The molecule has 130 valence electrons.